The minimum Gasteiger partial charge on any atom is -0.347 e. The first-order chi connectivity index (χ1) is 9.90. The first-order valence-electron chi connectivity index (χ1n) is 7.21. The van der Waals surface area contributed by atoms with E-state index in [1.54, 1.807) is 0 Å². The zero-order valence-electron chi connectivity index (χ0n) is 13.0. The molecule has 1 aliphatic heterocycles. The number of hydrogen-bond acceptors (Lipinski definition) is 3. The van der Waals surface area contributed by atoms with E-state index in [0.29, 0.717) is 31.1 Å². The lowest BCUT2D eigenvalue weighted by molar-refractivity contribution is -0.121. The molecule has 114 valence electrons. The van der Waals surface area contributed by atoms with Crippen LogP contribution in [-0.2, 0) is 16.1 Å². The first kappa shape index (κ1) is 15.3. The Kier molecular flexibility index (Phi) is 4.45. The monoisotopic (exact) mass is 290 g/mol. The van der Waals surface area contributed by atoms with Crippen LogP contribution >= 0.6 is 0 Å². The molecule has 2 amide bonds. The summed E-state index contributed by atoms with van der Waals surface area (Å²) in [6.45, 7) is 8.88. The van der Waals surface area contributed by atoms with Crippen LogP contribution in [0.4, 0.5) is 0 Å². The quantitative estimate of drug-likeness (QED) is 0.883. The summed E-state index contributed by atoms with van der Waals surface area (Å²) in [5.74, 6) is -0.364. The Labute approximate surface area is 124 Å². The van der Waals surface area contributed by atoms with Crippen molar-refractivity contribution < 1.29 is 9.59 Å². The molecule has 0 saturated heterocycles. The van der Waals surface area contributed by atoms with Gasteiger partial charge in [0.05, 0.1) is 0 Å². The Morgan fingerprint density at radius 2 is 2.14 bits per heavy atom. The molecule has 2 rings (SSSR count). The van der Waals surface area contributed by atoms with Gasteiger partial charge >= 0.3 is 0 Å². The number of amides is 2. The van der Waals surface area contributed by atoms with Crippen LogP contribution in [0.5, 0.6) is 0 Å². The van der Waals surface area contributed by atoms with E-state index in [0.717, 1.165) is 5.56 Å². The number of nitrogens with one attached hydrogen (secondary N) is 2. The van der Waals surface area contributed by atoms with Crippen LogP contribution in [0.1, 0.15) is 49.7 Å². The lowest BCUT2D eigenvalue weighted by atomic mass is 10.1. The molecule has 6 heteroatoms. The SMILES string of the molecule is Cc1cc(CNC(=O)C2=NNC(=O)CC2)c(C)n1C(C)C. The third-order valence-electron chi connectivity index (χ3n) is 3.71. The Morgan fingerprint density at radius 3 is 2.67 bits per heavy atom. The number of carbonyl (C=O) groups is 2. The molecule has 0 saturated carbocycles. The maximum atomic E-state index is 12.0. The highest BCUT2D eigenvalue weighted by Crippen LogP contribution is 2.19. The Hall–Kier alpha value is -2.11. The van der Waals surface area contributed by atoms with Gasteiger partial charge in [-0.1, -0.05) is 0 Å². The van der Waals surface area contributed by atoms with Crippen molar-refractivity contribution in [3.63, 3.8) is 0 Å². The summed E-state index contributed by atoms with van der Waals surface area (Å²) in [6.07, 6.45) is 0.705. The van der Waals surface area contributed by atoms with Crippen LogP contribution in [0.3, 0.4) is 0 Å². The second-order valence-corrected chi connectivity index (χ2v) is 5.64. The summed E-state index contributed by atoms with van der Waals surface area (Å²) < 4.78 is 2.25. The summed E-state index contributed by atoms with van der Waals surface area (Å²) in [6, 6.07) is 2.49. The fourth-order valence-electron chi connectivity index (χ4n) is 2.73. The van der Waals surface area contributed by atoms with Gasteiger partial charge in [-0.2, -0.15) is 5.10 Å². The second-order valence-electron chi connectivity index (χ2n) is 5.64. The van der Waals surface area contributed by atoms with Crippen molar-refractivity contribution in [2.24, 2.45) is 5.10 Å². The van der Waals surface area contributed by atoms with Crippen LogP contribution in [0.25, 0.3) is 0 Å². The van der Waals surface area contributed by atoms with Crippen LogP contribution in [0, 0.1) is 13.8 Å². The van der Waals surface area contributed by atoms with Gasteiger partial charge in [-0.3, -0.25) is 9.59 Å². The van der Waals surface area contributed by atoms with Gasteiger partial charge in [0, 0.05) is 36.8 Å². The fraction of sp³-hybridized carbons (Fsp3) is 0.533. The van der Waals surface area contributed by atoms with Gasteiger partial charge in [0.2, 0.25) is 5.91 Å². The number of rotatable bonds is 4. The highest BCUT2D eigenvalue weighted by molar-refractivity contribution is 6.39. The third-order valence-corrected chi connectivity index (χ3v) is 3.71. The average Bonchev–Trinajstić information content (AvgIpc) is 2.71. The van der Waals surface area contributed by atoms with Gasteiger partial charge in [0.15, 0.2) is 0 Å². The van der Waals surface area contributed by atoms with Gasteiger partial charge in [-0.25, -0.2) is 5.43 Å². The van der Waals surface area contributed by atoms with E-state index in [1.165, 1.54) is 11.4 Å². The van der Waals surface area contributed by atoms with Crippen LogP contribution < -0.4 is 10.7 Å². The molecule has 0 bridgehead atoms. The molecule has 1 aromatic heterocycles. The standard InChI is InChI=1S/C15H22N4O2/c1-9(2)19-10(3)7-12(11(19)4)8-16-15(21)13-5-6-14(20)18-17-13/h7,9H,5-6,8H2,1-4H3,(H,16,21)(H,18,20). The lowest BCUT2D eigenvalue weighted by Gasteiger charge is -2.14. The first-order valence-corrected chi connectivity index (χ1v) is 7.21. The normalized spacial score (nSPS) is 14.9. The Balaban J connectivity index is 2.02. The van der Waals surface area contributed by atoms with Gasteiger partial charge in [-0.15, -0.1) is 0 Å². The molecule has 0 atom stereocenters. The summed E-state index contributed by atoms with van der Waals surface area (Å²) in [5.41, 5.74) is 6.18. The molecule has 1 aliphatic rings. The minimum atomic E-state index is -0.218. The Morgan fingerprint density at radius 1 is 1.43 bits per heavy atom. The Bertz CT molecular complexity index is 599. The highest BCUT2D eigenvalue weighted by atomic mass is 16.2. The number of hydrazone groups is 1. The van der Waals surface area contributed by atoms with Crippen LogP contribution in [-0.4, -0.2) is 22.1 Å². The maximum absolute atomic E-state index is 12.0. The van der Waals surface area contributed by atoms with Crippen molar-refractivity contribution in [2.45, 2.75) is 53.1 Å². The molecule has 0 aliphatic carbocycles. The lowest BCUT2D eigenvalue weighted by Crippen LogP contribution is -2.36. The number of carbonyl (C=O) groups excluding carboxylic acids is 2. The van der Waals surface area contributed by atoms with Gasteiger partial charge in [-0.05, 0) is 39.3 Å². The predicted molar refractivity (Wildman–Crippen MR) is 80.9 cm³/mol. The van der Waals surface area contributed by atoms with Gasteiger partial charge < -0.3 is 9.88 Å². The molecule has 1 aromatic rings. The smallest absolute Gasteiger partial charge is 0.267 e. The number of hydrogen-bond donors (Lipinski definition) is 2. The summed E-state index contributed by atoms with van der Waals surface area (Å²) in [7, 11) is 0. The van der Waals surface area contributed by atoms with Crippen LogP contribution in [0.15, 0.2) is 11.2 Å². The van der Waals surface area contributed by atoms with E-state index in [2.05, 4.69) is 54.2 Å². The molecule has 6 nitrogen and oxygen atoms in total. The van der Waals surface area contributed by atoms with E-state index in [-0.39, 0.29) is 11.8 Å². The maximum Gasteiger partial charge on any atom is 0.267 e. The fourth-order valence-corrected chi connectivity index (χ4v) is 2.73. The largest absolute Gasteiger partial charge is 0.347 e. The van der Waals surface area contributed by atoms with Crippen molar-refractivity contribution in [1.29, 1.82) is 0 Å². The van der Waals surface area contributed by atoms with Crippen molar-refractivity contribution in [2.75, 3.05) is 0 Å². The third kappa shape index (κ3) is 3.32. The molecule has 0 unspecified atom stereocenters. The van der Waals surface area contributed by atoms with Crippen molar-refractivity contribution in [1.82, 2.24) is 15.3 Å². The van der Waals surface area contributed by atoms with Crippen molar-refractivity contribution in [3.05, 3.63) is 23.0 Å². The molecule has 0 radical (unpaired) electrons. The van der Waals surface area contributed by atoms with E-state index in [1.807, 2.05) is 0 Å². The van der Waals surface area contributed by atoms with Crippen LogP contribution in [0.2, 0.25) is 0 Å². The van der Waals surface area contributed by atoms with Gasteiger partial charge in [0.1, 0.15) is 5.71 Å². The van der Waals surface area contributed by atoms with E-state index >= 15 is 0 Å². The minimum absolute atomic E-state index is 0.146. The zero-order valence-corrected chi connectivity index (χ0v) is 13.0. The summed E-state index contributed by atoms with van der Waals surface area (Å²) in [4.78, 5) is 23.0. The second kappa shape index (κ2) is 6.11. The molecule has 21 heavy (non-hydrogen) atoms. The number of aromatic nitrogens is 1. The molecular formula is C15H22N4O2. The predicted octanol–water partition coefficient (Wildman–Crippen LogP) is 1.57. The average molecular weight is 290 g/mol. The molecular weight excluding hydrogens is 268 g/mol. The van der Waals surface area contributed by atoms with E-state index < -0.39 is 0 Å². The summed E-state index contributed by atoms with van der Waals surface area (Å²) >= 11 is 0. The topological polar surface area (TPSA) is 75.5 Å². The highest BCUT2D eigenvalue weighted by Gasteiger charge is 2.19. The molecule has 0 aromatic carbocycles. The summed E-state index contributed by atoms with van der Waals surface area (Å²) in [5, 5.41) is 6.67. The van der Waals surface area contributed by atoms with Crippen molar-refractivity contribution in [3.8, 4) is 0 Å². The molecule has 0 spiro atoms. The molecule has 0 fully saturated rings. The number of aryl methyl sites for hydroxylation is 1. The van der Waals surface area contributed by atoms with Gasteiger partial charge in [0.25, 0.3) is 5.91 Å². The molecule has 2 heterocycles. The van der Waals surface area contributed by atoms with E-state index in [4.69, 9.17) is 0 Å². The zero-order chi connectivity index (χ0) is 15.6. The van der Waals surface area contributed by atoms with Crippen molar-refractivity contribution >= 4 is 17.5 Å². The molecule has 2 N–H and O–H groups in total. The number of nitrogens with zero attached hydrogens (tertiary/aromatic N) is 2. The van der Waals surface area contributed by atoms with E-state index in [9.17, 15) is 9.59 Å².